The number of furan rings is 1. The fraction of sp³-hybridized carbons (Fsp3) is 0.174. The second-order valence-electron chi connectivity index (χ2n) is 7.86. The molecule has 2 amide bonds. The predicted octanol–water partition coefficient (Wildman–Crippen LogP) is 5.61. The predicted molar refractivity (Wildman–Crippen MR) is 127 cm³/mol. The molecule has 0 saturated heterocycles. The van der Waals surface area contributed by atoms with Crippen LogP contribution in [0.4, 0.5) is 11.4 Å². The number of halogens is 1. The molecule has 8 heteroatoms. The van der Waals surface area contributed by atoms with Gasteiger partial charge in [-0.1, -0.05) is 44.5 Å². The van der Waals surface area contributed by atoms with Gasteiger partial charge < -0.3 is 15.1 Å². The van der Waals surface area contributed by atoms with Gasteiger partial charge in [0, 0.05) is 11.3 Å². The molecular formula is C23H22ClN3O3S. The standard InChI is InChI=1S/C23H22ClN3O3S/c1-23(2,3)15-8-6-14(7-9-15)20(28)27-22(31)25-16-10-11-18(17(24)13-16)26-21(29)19-5-4-12-30-19/h4-13H,1-3H3,(H,26,29)(H2,25,27,28,31). The highest BCUT2D eigenvalue weighted by Gasteiger charge is 2.15. The molecule has 0 bridgehead atoms. The van der Waals surface area contributed by atoms with Crippen LogP contribution in [0.3, 0.4) is 0 Å². The number of carbonyl (C=O) groups excluding carboxylic acids is 2. The van der Waals surface area contributed by atoms with Crippen LogP contribution in [-0.2, 0) is 5.41 Å². The smallest absolute Gasteiger partial charge is 0.291 e. The number of rotatable bonds is 4. The van der Waals surface area contributed by atoms with Crippen molar-refractivity contribution in [2.45, 2.75) is 26.2 Å². The largest absolute Gasteiger partial charge is 0.459 e. The van der Waals surface area contributed by atoms with Crippen LogP contribution in [0, 0.1) is 0 Å². The lowest BCUT2D eigenvalue weighted by Crippen LogP contribution is -2.34. The van der Waals surface area contributed by atoms with E-state index in [0.29, 0.717) is 22.0 Å². The van der Waals surface area contributed by atoms with Crippen molar-refractivity contribution in [2.24, 2.45) is 0 Å². The van der Waals surface area contributed by atoms with Crippen LogP contribution in [0.25, 0.3) is 0 Å². The van der Waals surface area contributed by atoms with Crippen molar-refractivity contribution in [3.63, 3.8) is 0 Å². The summed E-state index contributed by atoms with van der Waals surface area (Å²) in [5.41, 5.74) is 2.64. The average Bonchev–Trinajstić information content (AvgIpc) is 3.24. The molecule has 31 heavy (non-hydrogen) atoms. The van der Waals surface area contributed by atoms with Gasteiger partial charge in [0.05, 0.1) is 17.0 Å². The zero-order valence-electron chi connectivity index (χ0n) is 17.3. The monoisotopic (exact) mass is 455 g/mol. The number of benzene rings is 2. The number of nitrogens with one attached hydrogen (secondary N) is 3. The Morgan fingerprint density at radius 2 is 1.68 bits per heavy atom. The maximum absolute atomic E-state index is 12.4. The average molecular weight is 456 g/mol. The van der Waals surface area contributed by atoms with Gasteiger partial charge in [-0.25, -0.2) is 0 Å². The Balaban J connectivity index is 1.59. The van der Waals surface area contributed by atoms with Crippen LogP contribution in [0.1, 0.15) is 47.2 Å². The molecule has 6 nitrogen and oxygen atoms in total. The van der Waals surface area contributed by atoms with Gasteiger partial charge in [-0.2, -0.15) is 0 Å². The molecule has 0 aliphatic rings. The molecular weight excluding hydrogens is 434 g/mol. The van der Waals surface area contributed by atoms with Gasteiger partial charge in [-0.15, -0.1) is 0 Å². The molecule has 3 N–H and O–H groups in total. The molecule has 0 radical (unpaired) electrons. The van der Waals surface area contributed by atoms with Crippen LogP contribution in [0.15, 0.2) is 65.3 Å². The summed E-state index contributed by atoms with van der Waals surface area (Å²) < 4.78 is 5.06. The highest BCUT2D eigenvalue weighted by atomic mass is 35.5. The number of amides is 2. The number of carbonyl (C=O) groups is 2. The first-order valence-corrected chi connectivity index (χ1v) is 10.3. The Morgan fingerprint density at radius 1 is 0.968 bits per heavy atom. The van der Waals surface area contributed by atoms with E-state index in [-0.39, 0.29) is 22.2 Å². The zero-order valence-corrected chi connectivity index (χ0v) is 18.9. The van der Waals surface area contributed by atoms with Crippen LogP contribution in [-0.4, -0.2) is 16.9 Å². The quantitative estimate of drug-likeness (QED) is 0.445. The van der Waals surface area contributed by atoms with Crippen LogP contribution < -0.4 is 16.0 Å². The summed E-state index contributed by atoms with van der Waals surface area (Å²) in [5.74, 6) is -0.544. The summed E-state index contributed by atoms with van der Waals surface area (Å²) in [6.07, 6.45) is 1.41. The maximum atomic E-state index is 12.4. The molecule has 3 rings (SSSR count). The van der Waals surface area contributed by atoms with Gasteiger partial charge in [-0.3, -0.25) is 14.9 Å². The number of thiocarbonyl (C=S) groups is 1. The van der Waals surface area contributed by atoms with E-state index in [4.69, 9.17) is 28.2 Å². The van der Waals surface area contributed by atoms with Gasteiger partial charge in [0.2, 0.25) is 0 Å². The molecule has 0 aliphatic heterocycles. The molecule has 0 saturated carbocycles. The summed E-state index contributed by atoms with van der Waals surface area (Å²) in [4.78, 5) is 24.5. The van der Waals surface area contributed by atoms with Gasteiger partial charge in [0.1, 0.15) is 0 Å². The Labute approximate surface area is 191 Å². The van der Waals surface area contributed by atoms with E-state index in [2.05, 4.69) is 36.7 Å². The number of hydrogen-bond acceptors (Lipinski definition) is 4. The summed E-state index contributed by atoms with van der Waals surface area (Å²) in [7, 11) is 0. The maximum Gasteiger partial charge on any atom is 0.291 e. The van der Waals surface area contributed by atoms with Crippen molar-refractivity contribution in [2.75, 3.05) is 10.6 Å². The minimum absolute atomic E-state index is 0.00865. The topological polar surface area (TPSA) is 83.4 Å². The first kappa shape index (κ1) is 22.5. The van der Waals surface area contributed by atoms with E-state index < -0.39 is 5.91 Å². The molecule has 0 spiro atoms. The molecule has 2 aromatic carbocycles. The van der Waals surface area contributed by atoms with E-state index in [1.54, 1.807) is 42.5 Å². The third-order valence-electron chi connectivity index (χ3n) is 4.46. The minimum atomic E-state index is -0.409. The fourth-order valence-electron chi connectivity index (χ4n) is 2.75. The molecule has 1 heterocycles. The van der Waals surface area contributed by atoms with Crippen molar-refractivity contribution >= 4 is 52.1 Å². The van der Waals surface area contributed by atoms with E-state index in [1.165, 1.54) is 6.26 Å². The van der Waals surface area contributed by atoms with Gasteiger partial charge in [-0.05, 0) is 65.7 Å². The summed E-state index contributed by atoms with van der Waals surface area (Å²) >= 11 is 11.5. The molecule has 0 unspecified atom stereocenters. The molecule has 0 aliphatic carbocycles. The summed E-state index contributed by atoms with van der Waals surface area (Å²) in [6.45, 7) is 6.33. The van der Waals surface area contributed by atoms with Gasteiger partial charge in [0.25, 0.3) is 11.8 Å². The Hall–Kier alpha value is -3.16. The zero-order chi connectivity index (χ0) is 22.6. The highest BCUT2D eigenvalue weighted by Crippen LogP contribution is 2.26. The minimum Gasteiger partial charge on any atom is -0.459 e. The Bertz CT molecular complexity index is 1100. The van der Waals surface area contributed by atoms with Crippen molar-refractivity contribution in [1.82, 2.24) is 5.32 Å². The van der Waals surface area contributed by atoms with Crippen molar-refractivity contribution in [3.8, 4) is 0 Å². The fourth-order valence-corrected chi connectivity index (χ4v) is 3.18. The van der Waals surface area contributed by atoms with E-state index >= 15 is 0 Å². The third-order valence-corrected chi connectivity index (χ3v) is 4.98. The summed E-state index contributed by atoms with van der Waals surface area (Å²) in [6, 6.07) is 15.5. The normalized spacial score (nSPS) is 11.0. The first-order valence-electron chi connectivity index (χ1n) is 9.51. The van der Waals surface area contributed by atoms with Gasteiger partial charge in [0.15, 0.2) is 10.9 Å². The lowest BCUT2D eigenvalue weighted by molar-refractivity contribution is 0.0975. The molecule has 3 aromatic rings. The van der Waals surface area contributed by atoms with Crippen LogP contribution in [0.2, 0.25) is 5.02 Å². The lowest BCUT2D eigenvalue weighted by Gasteiger charge is -2.19. The SMILES string of the molecule is CC(C)(C)c1ccc(C(=O)NC(=S)Nc2ccc(NC(=O)c3ccco3)c(Cl)c2)cc1. The molecule has 160 valence electrons. The van der Waals surface area contributed by atoms with Crippen molar-refractivity contribution in [1.29, 1.82) is 0 Å². The Morgan fingerprint density at radius 3 is 2.26 bits per heavy atom. The summed E-state index contributed by atoms with van der Waals surface area (Å²) in [5, 5.41) is 8.66. The second-order valence-corrected chi connectivity index (χ2v) is 8.68. The van der Waals surface area contributed by atoms with E-state index in [1.807, 2.05) is 12.1 Å². The van der Waals surface area contributed by atoms with E-state index in [9.17, 15) is 9.59 Å². The Kier molecular flexibility index (Phi) is 6.77. The molecule has 0 atom stereocenters. The molecule has 0 fully saturated rings. The number of anilines is 2. The molecule has 1 aromatic heterocycles. The van der Waals surface area contributed by atoms with Crippen LogP contribution >= 0.6 is 23.8 Å². The van der Waals surface area contributed by atoms with Crippen molar-refractivity contribution < 1.29 is 14.0 Å². The highest BCUT2D eigenvalue weighted by molar-refractivity contribution is 7.80. The van der Waals surface area contributed by atoms with Crippen LogP contribution in [0.5, 0.6) is 0 Å². The van der Waals surface area contributed by atoms with Crippen molar-refractivity contribution in [3.05, 3.63) is 82.8 Å². The van der Waals surface area contributed by atoms with E-state index in [0.717, 1.165) is 5.56 Å². The van der Waals surface area contributed by atoms with Gasteiger partial charge >= 0.3 is 0 Å². The first-order chi connectivity index (χ1) is 14.6. The number of hydrogen-bond donors (Lipinski definition) is 3. The second kappa shape index (κ2) is 9.32. The lowest BCUT2D eigenvalue weighted by atomic mass is 9.87. The third kappa shape index (κ3) is 5.93.